The SMILES string of the molecule is CCOC(=O)C(C#N)C1(C#N)c2cc(Cl)ccc2C(=O)N1Cc1ccc(Br)cc1F. The molecule has 0 bridgehead atoms. The molecule has 1 heterocycles. The monoisotopic (exact) mass is 489 g/mol. The van der Waals surface area contributed by atoms with Crippen molar-refractivity contribution in [3.63, 3.8) is 0 Å². The highest BCUT2D eigenvalue weighted by Crippen LogP contribution is 2.46. The maximum atomic E-state index is 14.5. The van der Waals surface area contributed by atoms with E-state index in [4.69, 9.17) is 16.3 Å². The van der Waals surface area contributed by atoms with E-state index < -0.39 is 29.2 Å². The highest BCUT2D eigenvalue weighted by Gasteiger charge is 2.58. The van der Waals surface area contributed by atoms with Gasteiger partial charge in [-0.1, -0.05) is 33.6 Å². The Morgan fingerprint density at radius 3 is 2.67 bits per heavy atom. The molecule has 2 aromatic rings. The molecule has 2 atom stereocenters. The van der Waals surface area contributed by atoms with Crippen LogP contribution in [0.5, 0.6) is 0 Å². The third-order valence-corrected chi connectivity index (χ3v) is 5.61. The Kier molecular flexibility index (Phi) is 6.12. The molecule has 1 aliphatic rings. The predicted octanol–water partition coefficient (Wildman–Crippen LogP) is 4.32. The van der Waals surface area contributed by atoms with E-state index in [-0.39, 0.29) is 34.9 Å². The number of carbonyl (C=O) groups is 2. The third-order valence-electron chi connectivity index (χ3n) is 4.88. The largest absolute Gasteiger partial charge is 0.465 e. The summed E-state index contributed by atoms with van der Waals surface area (Å²) in [4.78, 5) is 26.8. The van der Waals surface area contributed by atoms with Crippen molar-refractivity contribution in [2.75, 3.05) is 6.61 Å². The first kappa shape index (κ1) is 21.8. The summed E-state index contributed by atoms with van der Waals surface area (Å²) in [6.45, 7) is 1.20. The van der Waals surface area contributed by atoms with E-state index in [0.717, 1.165) is 4.90 Å². The van der Waals surface area contributed by atoms with Gasteiger partial charge in [0.1, 0.15) is 5.82 Å². The van der Waals surface area contributed by atoms with Crippen LogP contribution in [-0.2, 0) is 21.6 Å². The summed E-state index contributed by atoms with van der Waals surface area (Å²) in [6, 6.07) is 12.3. The number of halogens is 3. The van der Waals surface area contributed by atoms with Crippen molar-refractivity contribution in [1.29, 1.82) is 10.5 Å². The fourth-order valence-electron chi connectivity index (χ4n) is 3.52. The molecule has 0 spiro atoms. The molecule has 0 aromatic heterocycles. The summed E-state index contributed by atoms with van der Waals surface area (Å²) in [6.07, 6.45) is 0. The number of esters is 1. The number of rotatable bonds is 5. The number of nitriles is 2. The van der Waals surface area contributed by atoms with E-state index in [1.165, 1.54) is 30.3 Å². The Morgan fingerprint density at radius 1 is 1.33 bits per heavy atom. The summed E-state index contributed by atoms with van der Waals surface area (Å²) in [5.74, 6) is -3.84. The Labute approximate surface area is 185 Å². The number of hydrogen-bond acceptors (Lipinski definition) is 5. The molecular weight excluding hydrogens is 477 g/mol. The molecule has 3 rings (SSSR count). The van der Waals surface area contributed by atoms with Crippen LogP contribution in [0.1, 0.15) is 28.4 Å². The Hall–Kier alpha value is -2.94. The lowest BCUT2D eigenvalue weighted by Crippen LogP contribution is -2.50. The van der Waals surface area contributed by atoms with E-state index in [0.29, 0.717) is 4.47 Å². The lowest BCUT2D eigenvalue weighted by molar-refractivity contribution is -0.149. The number of hydrogen-bond donors (Lipinski definition) is 0. The zero-order chi connectivity index (χ0) is 22.1. The molecule has 2 aromatic carbocycles. The van der Waals surface area contributed by atoms with Crippen LogP contribution >= 0.6 is 27.5 Å². The van der Waals surface area contributed by atoms with Gasteiger partial charge in [0.2, 0.25) is 0 Å². The molecule has 6 nitrogen and oxygen atoms in total. The molecule has 9 heteroatoms. The first-order valence-electron chi connectivity index (χ1n) is 8.83. The highest BCUT2D eigenvalue weighted by atomic mass is 79.9. The quantitative estimate of drug-likeness (QED) is 0.582. The minimum Gasteiger partial charge on any atom is -0.465 e. The summed E-state index contributed by atoms with van der Waals surface area (Å²) in [7, 11) is 0. The summed E-state index contributed by atoms with van der Waals surface area (Å²) < 4.78 is 20.0. The van der Waals surface area contributed by atoms with Crippen LogP contribution in [0.4, 0.5) is 4.39 Å². The van der Waals surface area contributed by atoms with Gasteiger partial charge in [-0.3, -0.25) is 9.59 Å². The van der Waals surface area contributed by atoms with Gasteiger partial charge in [-0.2, -0.15) is 10.5 Å². The average molecular weight is 491 g/mol. The number of carbonyl (C=O) groups excluding carboxylic acids is 2. The standard InChI is InChI=1S/C21H14BrClFN3O3/c1-2-30-20(29)17(9-25)21(11-26)16-8-14(23)5-6-15(16)19(28)27(21)10-12-3-4-13(22)7-18(12)24/h3-8,17H,2,10H2,1H3. The number of benzene rings is 2. The van der Waals surface area contributed by atoms with Crippen LogP contribution in [0.15, 0.2) is 40.9 Å². The second-order valence-electron chi connectivity index (χ2n) is 6.51. The van der Waals surface area contributed by atoms with Gasteiger partial charge in [0.05, 0.1) is 25.3 Å². The van der Waals surface area contributed by atoms with Gasteiger partial charge in [-0.05, 0) is 37.3 Å². The van der Waals surface area contributed by atoms with E-state index in [1.54, 1.807) is 19.1 Å². The maximum Gasteiger partial charge on any atom is 0.327 e. The van der Waals surface area contributed by atoms with Crippen molar-refractivity contribution in [3.8, 4) is 12.1 Å². The van der Waals surface area contributed by atoms with Crippen LogP contribution < -0.4 is 0 Å². The van der Waals surface area contributed by atoms with Crippen LogP contribution in [0.25, 0.3) is 0 Å². The first-order valence-corrected chi connectivity index (χ1v) is 10.0. The van der Waals surface area contributed by atoms with Gasteiger partial charge >= 0.3 is 5.97 Å². The minimum absolute atomic E-state index is 0.0176. The Balaban J connectivity index is 2.23. The average Bonchev–Trinajstić information content (AvgIpc) is 2.93. The Morgan fingerprint density at radius 2 is 2.07 bits per heavy atom. The van der Waals surface area contributed by atoms with Crippen LogP contribution in [0.3, 0.4) is 0 Å². The van der Waals surface area contributed by atoms with Crippen molar-refractivity contribution in [2.45, 2.75) is 19.0 Å². The lowest BCUT2D eigenvalue weighted by Gasteiger charge is -2.35. The zero-order valence-corrected chi connectivity index (χ0v) is 18.0. The summed E-state index contributed by atoms with van der Waals surface area (Å²) >= 11 is 9.26. The molecule has 30 heavy (non-hydrogen) atoms. The van der Waals surface area contributed by atoms with Crippen LogP contribution in [-0.4, -0.2) is 23.4 Å². The minimum atomic E-state index is -2.03. The van der Waals surface area contributed by atoms with Crippen LogP contribution in [0.2, 0.25) is 5.02 Å². The molecule has 0 saturated carbocycles. The molecule has 152 valence electrons. The first-order chi connectivity index (χ1) is 14.3. The molecule has 0 radical (unpaired) electrons. The number of amides is 1. The van der Waals surface area contributed by atoms with Crippen molar-refractivity contribution >= 4 is 39.4 Å². The van der Waals surface area contributed by atoms with E-state index >= 15 is 0 Å². The van der Waals surface area contributed by atoms with Gasteiger partial charge in [0.25, 0.3) is 5.91 Å². The molecule has 0 fully saturated rings. The molecule has 0 saturated heterocycles. The molecule has 0 aliphatic carbocycles. The van der Waals surface area contributed by atoms with Gasteiger partial charge in [0, 0.05) is 26.2 Å². The number of fused-ring (bicyclic) bond motifs is 1. The van der Waals surface area contributed by atoms with Gasteiger partial charge in [0.15, 0.2) is 11.5 Å². The van der Waals surface area contributed by atoms with Gasteiger partial charge in [-0.25, -0.2) is 4.39 Å². The van der Waals surface area contributed by atoms with E-state index in [9.17, 15) is 24.5 Å². The maximum absolute atomic E-state index is 14.5. The fourth-order valence-corrected chi connectivity index (χ4v) is 4.03. The highest BCUT2D eigenvalue weighted by molar-refractivity contribution is 9.10. The topological polar surface area (TPSA) is 94.2 Å². The number of nitrogens with zero attached hydrogens (tertiary/aromatic N) is 3. The van der Waals surface area contributed by atoms with Crippen LogP contribution in [0, 0.1) is 34.4 Å². The second kappa shape index (κ2) is 8.43. The Bertz CT molecular complexity index is 1130. The van der Waals surface area contributed by atoms with E-state index in [2.05, 4.69) is 15.9 Å². The van der Waals surface area contributed by atoms with Crippen molar-refractivity contribution in [3.05, 3.63) is 68.4 Å². The summed E-state index contributed by atoms with van der Waals surface area (Å²) in [5, 5.41) is 20.2. The van der Waals surface area contributed by atoms with Gasteiger partial charge < -0.3 is 9.64 Å². The van der Waals surface area contributed by atoms with E-state index in [1.807, 2.05) is 6.07 Å². The summed E-state index contributed by atoms with van der Waals surface area (Å²) in [5.41, 5.74) is -1.69. The normalized spacial score (nSPS) is 18.3. The third kappa shape index (κ3) is 3.43. The molecule has 0 N–H and O–H groups in total. The lowest BCUT2D eigenvalue weighted by atomic mass is 9.79. The van der Waals surface area contributed by atoms with Crippen molar-refractivity contribution < 1.29 is 18.7 Å². The van der Waals surface area contributed by atoms with Crippen molar-refractivity contribution in [2.24, 2.45) is 5.92 Å². The zero-order valence-electron chi connectivity index (χ0n) is 15.7. The smallest absolute Gasteiger partial charge is 0.327 e. The molecule has 1 amide bonds. The van der Waals surface area contributed by atoms with Crippen molar-refractivity contribution in [1.82, 2.24) is 4.90 Å². The molecule has 1 aliphatic heterocycles. The van der Waals surface area contributed by atoms with Gasteiger partial charge in [-0.15, -0.1) is 0 Å². The molecular formula is C21H14BrClFN3O3. The fraction of sp³-hybridized carbons (Fsp3) is 0.238. The predicted molar refractivity (Wildman–Crippen MR) is 108 cm³/mol. The number of ether oxygens (including phenoxy) is 1. The second-order valence-corrected chi connectivity index (χ2v) is 7.86. The molecule has 2 unspecified atom stereocenters.